The van der Waals surface area contributed by atoms with Crippen molar-refractivity contribution in [2.45, 2.75) is 24.8 Å². The van der Waals surface area contributed by atoms with Crippen molar-refractivity contribution in [1.29, 1.82) is 0 Å². The monoisotopic (exact) mass is 403 g/mol. The molecule has 2 aromatic rings. The molecule has 6 heteroatoms. The molecule has 2 aliphatic rings. The van der Waals surface area contributed by atoms with Gasteiger partial charge in [-0.2, -0.15) is 0 Å². The predicted octanol–water partition coefficient (Wildman–Crippen LogP) is 3.37. The Morgan fingerprint density at radius 3 is 2.37 bits per heavy atom. The van der Waals surface area contributed by atoms with Crippen LogP contribution in [-0.4, -0.2) is 55.0 Å². The minimum absolute atomic E-state index is 0.149. The molecule has 144 valence electrons. The van der Waals surface area contributed by atoms with Crippen molar-refractivity contribution in [2.75, 3.05) is 39.3 Å². The van der Waals surface area contributed by atoms with Gasteiger partial charge in [-0.05, 0) is 30.5 Å². The third-order valence-corrected chi connectivity index (χ3v) is 6.92. The maximum Gasteiger partial charge on any atom is 0.234 e. The van der Waals surface area contributed by atoms with Crippen LogP contribution in [0.1, 0.15) is 23.3 Å². The molecule has 1 aliphatic carbocycles. The van der Waals surface area contributed by atoms with E-state index >= 15 is 0 Å². The summed E-state index contributed by atoms with van der Waals surface area (Å²) in [4.78, 5) is 18.4. The number of hydrogen-bond donors (Lipinski definition) is 1. The number of thiophene rings is 1. The summed E-state index contributed by atoms with van der Waals surface area (Å²) in [6, 6.07) is 14.6. The second-order valence-electron chi connectivity index (χ2n) is 7.68. The molecule has 0 bridgehead atoms. The number of nitrogens with zero attached hydrogens (tertiary/aromatic N) is 2. The molecule has 2 fully saturated rings. The highest BCUT2D eigenvalue weighted by atomic mass is 35.5. The van der Waals surface area contributed by atoms with Gasteiger partial charge in [0.25, 0.3) is 0 Å². The first-order valence-electron chi connectivity index (χ1n) is 9.64. The lowest BCUT2D eigenvalue weighted by Crippen LogP contribution is -2.49. The number of carbonyl (C=O) groups is 1. The smallest absolute Gasteiger partial charge is 0.234 e. The summed E-state index contributed by atoms with van der Waals surface area (Å²) in [7, 11) is 0. The summed E-state index contributed by atoms with van der Waals surface area (Å²) in [5, 5.41) is 3.18. The molecule has 1 aromatic carbocycles. The number of nitrogens with one attached hydrogen (secondary N) is 1. The average molecular weight is 404 g/mol. The fraction of sp³-hybridized carbons (Fsp3) is 0.476. The summed E-state index contributed by atoms with van der Waals surface area (Å²) in [6.45, 7) is 6.09. The van der Waals surface area contributed by atoms with E-state index in [-0.39, 0.29) is 11.3 Å². The minimum atomic E-state index is 0.149. The largest absolute Gasteiger partial charge is 0.354 e. The van der Waals surface area contributed by atoms with E-state index in [4.69, 9.17) is 11.6 Å². The quantitative estimate of drug-likeness (QED) is 0.769. The Bertz CT molecular complexity index is 767. The summed E-state index contributed by atoms with van der Waals surface area (Å²) in [5.41, 5.74) is 1.53. The van der Waals surface area contributed by atoms with Gasteiger partial charge < -0.3 is 5.32 Å². The number of rotatable bonds is 7. The van der Waals surface area contributed by atoms with E-state index in [1.165, 1.54) is 23.3 Å². The second-order valence-corrected chi connectivity index (χ2v) is 9.48. The predicted molar refractivity (Wildman–Crippen MR) is 111 cm³/mol. The molecule has 0 unspecified atom stereocenters. The van der Waals surface area contributed by atoms with Gasteiger partial charge >= 0.3 is 0 Å². The van der Waals surface area contributed by atoms with E-state index in [9.17, 15) is 4.79 Å². The maximum absolute atomic E-state index is 12.4. The van der Waals surface area contributed by atoms with Crippen LogP contribution in [0.3, 0.4) is 0 Å². The lowest BCUT2D eigenvalue weighted by molar-refractivity contribution is -0.122. The van der Waals surface area contributed by atoms with Crippen molar-refractivity contribution in [1.82, 2.24) is 15.1 Å². The van der Waals surface area contributed by atoms with E-state index in [2.05, 4.69) is 45.4 Å². The van der Waals surface area contributed by atoms with Crippen LogP contribution in [0.5, 0.6) is 0 Å². The molecule has 27 heavy (non-hydrogen) atoms. The Kier molecular flexibility index (Phi) is 5.83. The topological polar surface area (TPSA) is 35.6 Å². The first-order valence-corrected chi connectivity index (χ1v) is 10.8. The Morgan fingerprint density at radius 2 is 1.74 bits per heavy atom. The number of amides is 1. The van der Waals surface area contributed by atoms with Crippen LogP contribution < -0.4 is 5.32 Å². The van der Waals surface area contributed by atoms with Crippen LogP contribution in [0.2, 0.25) is 4.34 Å². The van der Waals surface area contributed by atoms with E-state index in [0.29, 0.717) is 6.54 Å². The number of carbonyl (C=O) groups excluding carboxylic acids is 1. The fourth-order valence-electron chi connectivity index (χ4n) is 3.80. The van der Waals surface area contributed by atoms with Gasteiger partial charge in [-0.15, -0.1) is 11.3 Å². The standard InChI is InChI=1S/C21H26ClN3OS/c22-19-7-6-18(27-19)14-24-10-12-25(13-11-24)15-20(26)23-16-21(8-9-21)17-4-2-1-3-5-17/h1-7H,8-16H2,(H,23,26). The van der Waals surface area contributed by atoms with Crippen molar-refractivity contribution in [3.05, 3.63) is 57.2 Å². The molecule has 1 saturated heterocycles. The van der Waals surface area contributed by atoms with Crippen LogP contribution in [0.25, 0.3) is 0 Å². The van der Waals surface area contributed by atoms with Crippen LogP contribution in [-0.2, 0) is 16.8 Å². The van der Waals surface area contributed by atoms with Crippen LogP contribution >= 0.6 is 22.9 Å². The molecule has 0 radical (unpaired) electrons. The van der Waals surface area contributed by atoms with E-state index < -0.39 is 0 Å². The van der Waals surface area contributed by atoms with Gasteiger partial charge in [-0.1, -0.05) is 41.9 Å². The van der Waals surface area contributed by atoms with E-state index in [1.807, 2.05) is 12.1 Å². The van der Waals surface area contributed by atoms with Gasteiger partial charge in [0, 0.05) is 49.6 Å². The highest BCUT2D eigenvalue weighted by Gasteiger charge is 2.44. The molecular formula is C21H26ClN3OS. The Morgan fingerprint density at radius 1 is 1.04 bits per heavy atom. The number of halogens is 1. The van der Waals surface area contributed by atoms with Crippen LogP contribution in [0.4, 0.5) is 0 Å². The van der Waals surface area contributed by atoms with Crippen molar-refractivity contribution < 1.29 is 4.79 Å². The van der Waals surface area contributed by atoms with Crippen LogP contribution in [0, 0.1) is 0 Å². The Labute approximate surface area is 170 Å². The first-order chi connectivity index (χ1) is 13.1. The number of piperazine rings is 1. The summed E-state index contributed by atoms with van der Waals surface area (Å²) < 4.78 is 0.851. The SMILES string of the molecule is O=C(CN1CCN(Cc2ccc(Cl)s2)CC1)NCC1(c2ccccc2)CC1. The Balaban J connectivity index is 1.19. The lowest BCUT2D eigenvalue weighted by atomic mass is 9.96. The summed E-state index contributed by atoms with van der Waals surface area (Å²) in [5.74, 6) is 0.149. The van der Waals surface area contributed by atoms with Gasteiger partial charge in [0.2, 0.25) is 5.91 Å². The van der Waals surface area contributed by atoms with Gasteiger partial charge in [0.05, 0.1) is 10.9 Å². The van der Waals surface area contributed by atoms with E-state index in [1.54, 1.807) is 11.3 Å². The van der Waals surface area contributed by atoms with Crippen molar-refractivity contribution in [3.8, 4) is 0 Å². The van der Waals surface area contributed by atoms with Crippen LogP contribution in [0.15, 0.2) is 42.5 Å². The lowest BCUT2D eigenvalue weighted by Gasteiger charge is -2.34. The second kappa shape index (κ2) is 8.31. The first kappa shape index (κ1) is 18.9. The molecule has 0 atom stereocenters. The molecule has 1 aliphatic heterocycles. The third-order valence-electron chi connectivity index (χ3n) is 5.70. The molecular weight excluding hydrogens is 378 g/mol. The maximum atomic E-state index is 12.4. The van der Waals surface area contributed by atoms with Crippen molar-refractivity contribution in [2.24, 2.45) is 0 Å². The highest BCUT2D eigenvalue weighted by molar-refractivity contribution is 7.16. The molecule has 4 nitrogen and oxygen atoms in total. The van der Waals surface area contributed by atoms with E-state index in [0.717, 1.165) is 43.6 Å². The Hall–Kier alpha value is -1.40. The molecule has 1 aromatic heterocycles. The van der Waals surface area contributed by atoms with Gasteiger partial charge in [-0.25, -0.2) is 0 Å². The molecule has 2 heterocycles. The highest BCUT2D eigenvalue weighted by Crippen LogP contribution is 2.47. The van der Waals surface area contributed by atoms with Crippen molar-refractivity contribution in [3.63, 3.8) is 0 Å². The fourth-order valence-corrected chi connectivity index (χ4v) is 4.93. The van der Waals surface area contributed by atoms with Gasteiger partial charge in [0.1, 0.15) is 0 Å². The average Bonchev–Trinajstić information content (AvgIpc) is 3.38. The van der Waals surface area contributed by atoms with Gasteiger partial charge in [0.15, 0.2) is 0 Å². The normalized spacial score (nSPS) is 19.7. The van der Waals surface area contributed by atoms with Gasteiger partial charge in [-0.3, -0.25) is 14.6 Å². The zero-order valence-electron chi connectivity index (χ0n) is 15.5. The summed E-state index contributed by atoms with van der Waals surface area (Å²) in [6.07, 6.45) is 2.34. The molecule has 4 rings (SSSR count). The third kappa shape index (κ3) is 4.91. The molecule has 0 spiro atoms. The molecule has 1 amide bonds. The summed E-state index contributed by atoms with van der Waals surface area (Å²) >= 11 is 7.66. The number of hydrogen-bond acceptors (Lipinski definition) is 4. The minimum Gasteiger partial charge on any atom is -0.354 e. The zero-order valence-corrected chi connectivity index (χ0v) is 17.1. The zero-order chi connectivity index (χ0) is 18.7. The molecule has 1 saturated carbocycles. The van der Waals surface area contributed by atoms with Crippen molar-refractivity contribution >= 4 is 28.8 Å². The number of benzene rings is 1. The molecule has 1 N–H and O–H groups in total.